The number of carboxylic acid groups (broad SMARTS) is 1. The Hall–Kier alpha value is -3.05. The summed E-state index contributed by atoms with van der Waals surface area (Å²) in [7, 11) is 1.63. The number of fused-ring (bicyclic) bond motifs is 1. The number of piperidine rings is 1. The first-order valence-electron chi connectivity index (χ1n) is 10.9. The normalized spacial score (nSPS) is 17.9. The number of hydrogen-bond donors (Lipinski definition) is 1. The molecule has 5 heteroatoms. The molecule has 3 aromatic carbocycles. The Labute approximate surface area is 183 Å². The summed E-state index contributed by atoms with van der Waals surface area (Å²) in [6.45, 7) is 3.23. The maximum Gasteiger partial charge on any atom is 0.320 e. The van der Waals surface area contributed by atoms with Gasteiger partial charge in [0.2, 0.25) is 0 Å². The second-order valence-corrected chi connectivity index (χ2v) is 7.90. The van der Waals surface area contributed by atoms with E-state index in [-0.39, 0.29) is 6.04 Å². The van der Waals surface area contributed by atoms with Crippen molar-refractivity contribution in [3.05, 3.63) is 71.8 Å². The molecule has 0 aromatic heterocycles. The van der Waals surface area contributed by atoms with Gasteiger partial charge in [-0.1, -0.05) is 55.0 Å². The largest absolute Gasteiger partial charge is 0.493 e. The standard InChI is InChI=1S/C26H29NO4/c1-3-31-23-15-14-19(17-24(23)30-2)25(27-16-7-6-13-22(27)26(28)29)21-12-8-10-18-9-4-5-11-20(18)21/h4-5,8-12,14-15,17,22,25H,3,6-7,13,16H2,1-2H3,(H,28,29). The number of hydrogen-bond acceptors (Lipinski definition) is 4. The maximum absolute atomic E-state index is 12.2. The molecule has 1 heterocycles. The van der Waals surface area contributed by atoms with Gasteiger partial charge in [-0.2, -0.15) is 0 Å². The highest BCUT2D eigenvalue weighted by molar-refractivity contribution is 5.86. The molecule has 0 amide bonds. The van der Waals surface area contributed by atoms with Crippen molar-refractivity contribution in [1.82, 2.24) is 4.90 Å². The molecule has 0 spiro atoms. The number of benzene rings is 3. The van der Waals surface area contributed by atoms with Crippen LogP contribution in [-0.2, 0) is 4.79 Å². The molecule has 1 aliphatic heterocycles. The van der Waals surface area contributed by atoms with Gasteiger partial charge < -0.3 is 14.6 Å². The first-order valence-corrected chi connectivity index (χ1v) is 10.9. The quantitative estimate of drug-likeness (QED) is 0.565. The van der Waals surface area contributed by atoms with Crippen LogP contribution in [0.5, 0.6) is 11.5 Å². The van der Waals surface area contributed by atoms with E-state index in [0.29, 0.717) is 24.5 Å². The summed E-state index contributed by atoms with van der Waals surface area (Å²) in [6, 6.07) is 19.8. The Kier molecular flexibility index (Phi) is 6.42. The van der Waals surface area contributed by atoms with Crippen molar-refractivity contribution in [2.75, 3.05) is 20.3 Å². The average molecular weight is 420 g/mol. The third-order valence-corrected chi connectivity index (χ3v) is 6.08. The molecule has 5 nitrogen and oxygen atoms in total. The lowest BCUT2D eigenvalue weighted by Crippen LogP contribution is -2.46. The smallest absolute Gasteiger partial charge is 0.320 e. The van der Waals surface area contributed by atoms with Crippen molar-refractivity contribution in [2.45, 2.75) is 38.3 Å². The topological polar surface area (TPSA) is 59.0 Å². The van der Waals surface area contributed by atoms with Gasteiger partial charge in [0.25, 0.3) is 0 Å². The predicted octanol–water partition coefficient (Wildman–Crippen LogP) is 5.28. The summed E-state index contributed by atoms with van der Waals surface area (Å²) >= 11 is 0. The molecule has 0 aliphatic carbocycles. The third-order valence-electron chi connectivity index (χ3n) is 6.08. The molecule has 2 unspecified atom stereocenters. The van der Waals surface area contributed by atoms with Crippen molar-refractivity contribution in [1.29, 1.82) is 0 Å². The number of ether oxygens (including phenoxy) is 2. The van der Waals surface area contributed by atoms with Gasteiger partial charge in [-0.25, -0.2) is 0 Å². The zero-order valence-electron chi connectivity index (χ0n) is 18.1. The summed E-state index contributed by atoms with van der Waals surface area (Å²) < 4.78 is 11.3. The summed E-state index contributed by atoms with van der Waals surface area (Å²) in [6.07, 6.45) is 2.58. The van der Waals surface area contributed by atoms with Gasteiger partial charge in [0.15, 0.2) is 11.5 Å². The van der Waals surface area contributed by atoms with Crippen LogP contribution < -0.4 is 9.47 Å². The lowest BCUT2D eigenvalue weighted by Gasteiger charge is -2.40. The summed E-state index contributed by atoms with van der Waals surface area (Å²) in [5.74, 6) is 0.593. The summed E-state index contributed by atoms with van der Waals surface area (Å²) in [5.41, 5.74) is 2.11. The van der Waals surface area contributed by atoms with Crippen LogP contribution in [-0.4, -0.2) is 42.3 Å². The SMILES string of the molecule is CCOc1ccc(C(c2cccc3ccccc23)N2CCCCC2C(=O)O)cc1OC. The van der Waals surface area contributed by atoms with E-state index in [0.717, 1.165) is 41.3 Å². The van der Waals surface area contributed by atoms with Gasteiger partial charge in [0, 0.05) is 0 Å². The molecule has 4 rings (SSSR count). The van der Waals surface area contributed by atoms with E-state index in [1.807, 2.05) is 37.3 Å². The molecule has 3 aromatic rings. The van der Waals surface area contributed by atoms with Gasteiger partial charge in [-0.05, 0) is 60.3 Å². The first kappa shape index (κ1) is 21.2. The number of carbonyl (C=O) groups is 1. The molecule has 31 heavy (non-hydrogen) atoms. The molecule has 162 valence electrons. The van der Waals surface area contributed by atoms with Crippen LogP contribution in [0.15, 0.2) is 60.7 Å². The molecule has 1 fully saturated rings. The maximum atomic E-state index is 12.2. The number of carboxylic acids is 1. The average Bonchev–Trinajstić information content (AvgIpc) is 2.80. The van der Waals surface area contributed by atoms with Crippen LogP contribution in [0.3, 0.4) is 0 Å². The van der Waals surface area contributed by atoms with Gasteiger partial charge in [0.1, 0.15) is 6.04 Å². The van der Waals surface area contributed by atoms with Crippen molar-refractivity contribution in [3.8, 4) is 11.5 Å². The minimum atomic E-state index is -0.761. The molecule has 0 bridgehead atoms. The minimum Gasteiger partial charge on any atom is -0.493 e. The fraction of sp³-hybridized carbons (Fsp3) is 0.346. The van der Waals surface area contributed by atoms with Gasteiger partial charge >= 0.3 is 5.97 Å². The zero-order valence-corrected chi connectivity index (χ0v) is 18.1. The van der Waals surface area contributed by atoms with E-state index in [1.54, 1.807) is 7.11 Å². The van der Waals surface area contributed by atoms with Crippen molar-refractivity contribution < 1.29 is 19.4 Å². The summed E-state index contributed by atoms with van der Waals surface area (Å²) in [4.78, 5) is 14.3. The van der Waals surface area contributed by atoms with E-state index in [4.69, 9.17) is 9.47 Å². The molecule has 0 radical (unpaired) electrons. The van der Waals surface area contributed by atoms with Crippen LogP contribution >= 0.6 is 0 Å². The first-order chi connectivity index (χ1) is 15.1. The van der Waals surface area contributed by atoms with E-state index in [2.05, 4.69) is 35.2 Å². The van der Waals surface area contributed by atoms with Gasteiger partial charge in [-0.15, -0.1) is 0 Å². The van der Waals surface area contributed by atoms with E-state index in [9.17, 15) is 9.90 Å². The molecular formula is C26H29NO4. The van der Waals surface area contributed by atoms with Crippen molar-refractivity contribution >= 4 is 16.7 Å². The van der Waals surface area contributed by atoms with Crippen LogP contribution in [0.25, 0.3) is 10.8 Å². The molecule has 1 aliphatic rings. The molecule has 1 saturated heterocycles. The zero-order chi connectivity index (χ0) is 21.8. The monoisotopic (exact) mass is 419 g/mol. The Morgan fingerprint density at radius 1 is 1.10 bits per heavy atom. The second-order valence-electron chi connectivity index (χ2n) is 7.90. The molecule has 1 N–H and O–H groups in total. The fourth-order valence-corrected chi connectivity index (χ4v) is 4.70. The molecule has 2 atom stereocenters. The molecular weight excluding hydrogens is 390 g/mol. The highest BCUT2D eigenvalue weighted by Gasteiger charge is 2.36. The number of likely N-dealkylation sites (tertiary alicyclic amines) is 1. The third kappa shape index (κ3) is 4.23. The Morgan fingerprint density at radius 2 is 1.90 bits per heavy atom. The van der Waals surface area contributed by atoms with E-state index < -0.39 is 12.0 Å². The summed E-state index contributed by atoms with van der Waals surface area (Å²) in [5, 5.41) is 12.3. The van der Waals surface area contributed by atoms with Crippen molar-refractivity contribution in [3.63, 3.8) is 0 Å². The highest BCUT2D eigenvalue weighted by Crippen LogP contribution is 2.40. The second kappa shape index (κ2) is 9.40. The van der Waals surface area contributed by atoms with E-state index >= 15 is 0 Å². The number of methoxy groups -OCH3 is 1. The highest BCUT2D eigenvalue weighted by atomic mass is 16.5. The van der Waals surface area contributed by atoms with Crippen LogP contribution in [0.2, 0.25) is 0 Å². The van der Waals surface area contributed by atoms with Gasteiger partial charge in [0.05, 0.1) is 19.8 Å². The van der Waals surface area contributed by atoms with Crippen LogP contribution in [0.1, 0.15) is 43.4 Å². The number of aliphatic carboxylic acids is 1. The minimum absolute atomic E-state index is 0.197. The lowest BCUT2D eigenvalue weighted by molar-refractivity contribution is -0.145. The van der Waals surface area contributed by atoms with Gasteiger partial charge in [-0.3, -0.25) is 9.69 Å². The van der Waals surface area contributed by atoms with Crippen LogP contribution in [0, 0.1) is 0 Å². The Morgan fingerprint density at radius 3 is 2.68 bits per heavy atom. The lowest BCUT2D eigenvalue weighted by atomic mass is 9.89. The Bertz CT molecular complexity index is 1060. The number of nitrogens with zero attached hydrogens (tertiary/aromatic N) is 1. The Balaban J connectivity index is 1.90. The predicted molar refractivity (Wildman–Crippen MR) is 122 cm³/mol. The van der Waals surface area contributed by atoms with Crippen molar-refractivity contribution in [2.24, 2.45) is 0 Å². The van der Waals surface area contributed by atoms with Crippen LogP contribution in [0.4, 0.5) is 0 Å². The number of rotatable bonds is 7. The van der Waals surface area contributed by atoms with E-state index in [1.165, 1.54) is 0 Å². The molecule has 0 saturated carbocycles. The fourth-order valence-electron chi connectivity index (χ4n) is 4.70.